The largest absolute Gasteiger partial charge is 0.486 e. The molecule has 2 heterocycles. The van der Waals surface area contributed by atoms with Crippen LogP contribution in [0.3, 0.4) is 0 Å². The number of benzene rings is 3. The zero-order valence-corrected chi connectivity index (χ0v) is 24.6. The Morgan fingerprint density at radius 2 is 1.78 bits per heavy atom. The van der Waals surface area contributed by atoms with E-state index in [1.54, 1.807) is 0 Å². The molecule has 0 aliphatic carbocycles. The van der Waals surface area contributed by atoms with Gasteiger partial charge in [0.05, 0.1) is 5.69 Å². The summed E-state index contributed by atoms with van der Waals surface area (Å²) in [5.41, 5.74) is 5.30. The lowest BCUT2D eigenvalue weighted by Crippen LogP contribution is -2.25. The van der Waals surface area contributed by atoms with Crippen LogP contribution >= 0.6 is 11.6 Å². The minimum absolute atomic E-state index is 0.340. The van der Waals surface area contributed by atoms with E-state index >= 15 is 0 Å². The van der Waals surface area contributed by atoms with E-state index in [0.29, 0.717) is 43.8 Å². The number of halogens is 1. The Hall–Kier alpha value is -3.81. The molecule has 1 aromatic heterocycles. The van der Waals surface area contributed by atoms with Crippen LogP contribution in [0.2, 0.25) is 5.15 Å². The number of aryl methyl sites for hydroxylation is 1. The molecule has 0 radical (unpaired) electrons. The first-order chi connectivity index (χ1) is 19.9. The van der Waals surface area contributed by atoms with Gasteiger partial charge in [-0.05, 0) is 54.3 Å². The molecule has 0 spiro atoms. The standard InChI is InChI=1S/C33H36ClN3O4/c1-4-5-15-37-29(32(34)35-33(37)26-9-7-6-8-10-26)22-36(20-25-12-14-30-31(18-25)40-17-16-39-30)21-27-19-28(41-24(3)38)13-11-23(27)2/h6-14,18-19H,4-5,15-17,20-22H2,1-3H3. The lowest BCUT2D eigenvalue weighted by molar-refractivity contribution is -0.131. The molecule has 3 aromatic carbocycles. The lowest BCUT2D eigenvalue weighted by Gasteiger charge is -2.26. The Labute approximate surface area is 246 Å². The van der Waals surface area contributed by atoms with E-state index in [1.165, 1.54) is 6.92 Å². The molecule has 0 saturated heterocycles. The maximum atomic E-state index is 11.6. The van der Waals surface area contributed by atoms with Gasteiger partial charge < -0.3 is 18.8 Å². The van der Waals surface area contributed by atoms with Gasteiger partial charge in [-0.1, -0.05) is 67.4 Å². The van der Waals surface area contributed by atoms with E-state index in [0.717, 1.165) is 64.7 Å². The van der Waals surface area contributed by atoms with Crippen molar-refractivity contribution in [2.45, 2.75) is 59.8 Å². The lowest BCUT2D eigenvalue weighted by atomic mass is 10.1. The fourth-order valence-electron chi connectivity index (χ4n) is 5.08. The van der Waals surface area contributed by atoms with Crippen molar-refractivity contribution in [2.24, 2.45) is 0 Å². The van der Waals surface area contributed by atoms with Gasteiger partial charge in [-0.3, -0.25) is 9.69 Å². The van der Waals surface area contributed by atoms with Gasteiger partial charge in [-0.25, -0.2) is 4.98 Å². The van der Waals surface area contributed by atoms with Crippen molar-refractivity contribution in [2.75, 3.05) is 13.2 Å². The van der Waals surface area contributed by atoms with Gasteiger partial charge in [0, 0.05) is 38.7 Å². The number of hydrogen-bond acceptors (Lipinski definition) is 6. The van der Waals surface area contributed by atoms with E-state index in [-0.39, 0.29) is 5.97 Å². The minimum Gasteiger partial charge on any atom is -0.486 e. The number of imidazole rings is 1. The molecule has 1 aliphatic heterocycles. The summed E-state index contributed by atoms with van der Waals surface area (Å²) in [7, 11) is 0. The van der Waals surface area contributed by atoms with E-state index in [4.69, 9.17) is 30.8 Å². The first-order valence-corrected chi connectivity index (χ1v) is 14.5. The molecule has 1 aliphatic rings. The average molecular weight is 574 g/mol. The molecule has 0 unspecified atom stereocenters. The van der Waals surface area contributed by atoms with Crippen LogP contribution in [-0.2, 0) is 31.0 Å². The Morgan fingerprint density at radius 3 is 2.54 bits per heavy atom. The van der Waals surface area contributed by atoms with Crippen LogP contribution in [0.4, 0.5) is 0 Å². The predicted molar refractivity (Wildman–Crippen MR) is 160 cm³/mol. The molecule has 0 fully saturated rings. The zero-order chi connectivity index (χ0) is 28.8. The Kier molecular flexibility index (Phi) is 9.27. The molecule has 0 N–H and O–H groups in total. The van der Waals surface area contributed by atoms with Gasteiger partial charge in [0.1, 0.15) is 24.8 Å². The van der Waals surface area contributed by atoms with Crippen LogP contribution in [-0.4, -0.2) is 33.6 Å². The molecule has 7 nitrogen and oxygen atoms in total. The SMILES string of the molecule is CCCCn1c(-c2ccccc2)nc(Cl)c1CN(Cc1ccc2c(c1)OCCO2)Cc1cc(OC(C)=O)ccc1C. The summed E-state index contributed by atoms with van der Waals surface area (Å²) >= 11 is 6.88. The molecule has 0 bridgehead atoms. The molecule has 8 heteroatoms. The minimum atomic E-state index is -0.340. The van der Waals surface area contributed by atoms with Crippen molar-refractivity contribution in [3.05, 3.63) is 94.3 Å². The molecule has 214 valence electrons. The molecule has 0 atom stereocenters. The molecule has 4 aromatic rings. The summed E-state index contributed by atoms with van der Waals surface area (Å²) in [5, 5.41) is 0.512. The third-order valence-electron chi connectivity index (χ3n) is 7.15. The Balaban J connectivity index is 1.51. The van der Waals surface area contributed by atoms with Gasteiger partial charge in [-0.15, -0.1) is 0 Å². The van der Waals surface area contributed by atoms with Crippen molar-refractivity contribution in [1.82, 2.24) is 14.5 Å². The molecule has 41 heavy (non-hydrogen) atoms. The number of esters is 1. The summed E-state index contributed by atoms with van der Waals surface area (Å²) in [6, 6.07) is 22.1. The highest BCUT2D eigenvalue weighted by atomic mass is 35.5. The van der Waals surface area contributed by atoms with Gasteiger partial charge in [0.25, 0.3) is 0 Å². The summed E-state index contributed by atoms with van der Waals surface area (Å²) in [4.78, 5) is 18.8. The second-order valence-electron chi connectivity index (χ2n) is 10.3. The van der Waals surface area contributed by atoms with Crippen molar-refractivity contribution in [3.63, 3.8) is 0 Å². The topological polar surface area (TPSA) is 65.8 Å². The smallest absolute Gasteiger partial charge is 0.308 e. The normalized spacial score (nSPS) is 12.5. The monoisotopic (exact) mass is 573 g/mol. The highest BCUT2D eigenvalue weighted by Gasteiger charge is 2.21. The van der Waals surface area contributed by atoms with Crippen molar-refractivity contribution < 1.29 is 19.0 Å². The number of ether oxygens (including phenoxy) is 3. The number of carbonyl (C=O) groups excluding carboxylic acids is 1. The Morgan fingerprint density at radius 1 is 1.00 bits per heavy atom. The summed E-state index contributed by atoms with van der Waals surface area (Å²) in [6.07, 6.45) is 2.08. The van der Waals surface area contributed by atoms with E-state index in [1.807, 2.05) is 42.5 Å². The van der Waals surface area contributed by atoms with E-state index in [2.05, 4.69) is 47.6 Å². The summed E-state index contributed by atoms with van der Waals surface area (Å²) in [6.45, 7) is 9.43. The maximum absolute atomic E-state index is 11.6. The number of hydrogen-bond donors (Lipinski definition) is 0. The van der Waals surface area contributed by atoms with Crippen molar-refractivity contribution in [1.29, 1.82) is 0 Å². The number of aromatic nitrogens is 2. The maximum Gasteiger partial charge on any atom is 0.308 e. The number of rotatable bonds is 11. The van der Waals surface area contributed by atoms with Crippen LogP contribution in [0.15, 0.2) is 66.7 Å². The van der Waals surface area contributed by atoms with Gasteiger partial charge in [0.15, 0.2) is 16.7 Å². The molecule has 5 rings (SSSR count). The first kappa shape index (κ1) is 28.7. The molecule has 0 saturated carbocycles. The first-order valence-electron chi connectivity index (χ1n) is 14.1. The van der Waals surface area contributed by atoms with E-state index < -0.39 is 0 Å². The van der Waals surface area contributed by atoms with Crippen LogP contribution < -0.4 is 14.2 Å². The number of unbranched alkanes of at least 4 members (excludes halogenated alkanes) is 1. The number of nitrogens with zero attached hydrogens (tertiary/aromatic N) is 3. The fraction of sp³-hybridized carbons (Fsp3) is 0.333. The van der Waals surface area contributed by atoms with Gasteiger partial charge in [-0.2, -0.15) is 0 Å². The molecular weight excluding hydrogens is 538 g/mol. The zero-order valence-electron chi connectivity index (χ0n) is 23.9. The summed E-state index contributed by atoms with van der Waals surface area (Å²) in [5.74, 6) is 2.61. The van der Waals surface area contributed by atoms with Crippen LogP contribution in [0.5, 0.6) is 17.2 Å². The van der Waals surface area contributed by atoms with Crippen LogP contribution in [0.25, 0.3) is 11.4 Å². The van der Waals surface area contributed by atoms with Crippen molar-refractivity contribution in [3.8, 4) is 28.6 Å². The fourth-order valence-corrected chi connectivity index (χ4v) is 5.33. The third-order valence-corrected chi connectivity index (χ3v) is 7.46. The van der Waals surface area contributed by atoms with Gasteiger partial charge >= 0.3 is 5.97 Å². The highest BCUT2D eigenvalue weighted by molar-refractivity contribution is 6.30. The van der Waals surface area contributed by atoms with Gasteiger partial charge in [0.2, 0.25) is 0 Å². The van der Waals surface area contributed by atoms with Crippen molar-refractivity contribution >= 4 is 17.6 Å². The average Bonchev–Trinajstić information content (AvgIpc) is 3.28. The quantitative estimate of drug-likeness (QED) is 0.139. The number of carbonyl (C=O) groups is 1. The molecule has 0 amide bonds. The van der Waals surface area contributed by atoms with E-state index in [9.17, 15) is 4.79 Å². The predicted octanol–water partition coefficient (Wildman–Crippen LogP) is 7.21. The third kappa shape index (κ3) is 7.10. The highest BCUT2D eigenvalue weighted by Crippen LogP contribution is 2.33. The second kappa shape index (κ2) is 13.2. The Bertz CT molecular complexity index is 1500. The summed E-state index contributed by atoms with van der Waals surface area (Å²) < 4.78 is 19.3. The molecular formula is C33H36ClN3O4. The number of fused-ring (bicyclic) bond motifs is 1. The second-order valence-corrected chi connectivity index (χ2v) is 10.7. The van der Waals surface area contributed by atoms with Crippen LogP contribution in [0.1, 0.15) is 49.1 Å². The van der Waals surface area contributed by atoms with Crippen LogP contribution in [0, 0.1) is 6.92 Å².